The molecule has 0 aliphatic carbocycles. The van der Waals surface area contributed by atoms with E-state index in [1.807, 2.05) is 12.1 Å². The van der Waals surface area contributed by atoms with Gasteiger partial charge in [-0.25, -0.2) is 0 Å². The number of carbonyl (C=O) groups is 1. The van der Waals surface area contributed by atoms with E-state index < -0.39 is 0 Å². The van der Waals surface area contributed by atoms with Gasteiger partial charge in [0.15, 0.2) is 0 Å². The number of hydrogen-bond acceptors (Lipinski definition) is 3. The molecule has 0 saturated carbocycles. The molecule has 1 amide bonds. The highest BCUT2D eigenvalue weighted by Crippen LogP contribution is 2.29. The van der Waals surface area contributed by atoms with Crippen molar-refractivity contribution in [3.63, 3.8) is 0 Å². The summed E-state index contributed by atoms with van der Waals surface area (Å²) in [5.41, 5.74) is 2.39. The molecule has 1 heterocycles. The highest BCUT2D eigenvalue weighted by atomic mass is 32.2. The first-order chi connectivity index (χ1) is 8.48. The summed E-state index contributed by atoms with van der Waals surface area (Å²) in [6.45, 7) is 6.88. The van der Waals surface area contributed by atoms with Crippen molar-refractivity contribution in [3.8, 4) is 0 Å². The van der Waals surface area contributed by atoms with Crippen molar-refractivity contribution in [2.24, 2.45) is 0 Å². The highest BCUT2D eigenvalue weighted by molar-refractivity contribution is 8.00. The SMILES string of the molecule is Cc1ccccc1CNC(=O)C1CSC(C)(C)N1. The lowest BCUT2D eigenvalue weighted by molar-refractivity contribution is -0.122. The molecule has 2 N–H and O–H groups in total. The van der Waals surface area contributed by atoms with E-state index in [0.717, 1.165) is 5.75 Å². The zero-order valence-electron chi connectivity index (χ0n) is 11.1. The Morgan fingerprint density at radius 3 is 2.83 bits per heavy atom. The zero-order chi connectivity index (χ0) is 13.2. The molecule has 4 heteroatoms. The lowest BCUT2D eigenvalue weighted by atomic mass is 10.1. The molecule has 0 spiro atoms. The van der Waals surface area contributed by atoms with Gasteiger partial charge in [0.1, 0.15) is 0 Å². The van der Waals surface area contributed by atoms with Crippen molar-refractivity contribution >= 4 is 17.7 Å². The van der Waals surface area contributed by atoms with Gasteiger partial charge in [-0.3, -0.25) is 10.1 Å². The molecule has 1 aromatic carbocycles. The fraction of sp³-hybridized carbons (Fsp3) is 0.500. The summed E-state index contributed by atoms with van der Waals surface area (Å²) in [4.78, 5) is 12.0. The second kappa shape index (κ2) is 5.33. The predicted octanol–water partition coefficient (Wildman–Crippen LogP) is 2.05. The Kier molecular flexibility index (Phi) is 3.97. The van der Waals surface area contributed by atoms with Crippen molar-refractivity contribution < 1.29 is 4.79 Å². The fourth-order valence-corrected chi connectivity index (χ4v) is 3.09. The molecule has 1 aromatic rings. The van der Waals surface area contributed by atoms with Crippen molar-refractivity contribution in [1.29, 1.82) is 0 Å². The standard InChI is InChI=1S/C14H20N2OS/c1-10-6-4-5-7-11(10)8-15-13(17)12-9-18-14(2,3)16-12/h4-7,12,16H,8-9H2,1-3H3,(H,15,17). The van der Waals surface area contributed by atoms with Gasteiger partial charge in [-0.15, -0.1) is 11.8 Å². The van der Waals surface area contributed by atoms with Crippen LogP contribution in [-0.4, -0.2) is 22.6 Å². The minimum Gasteiger partial charge on any atom is -0.351 e. The molecule has 1 saturated heterocycles. The largest absolute Gasteiger partial charge is 0.351 e. The van der Waals surface area contributed by atoms with Gasteiger partial charge in [-0.1, -0.05) is 24.3 Å². The molecular formula is C14H20N2OS. The minimum absolute atomic E-state index is 0.00463. The van der Waals surface area contributed by atoms with E-state index in [2.05, 4.69) is 43.5 Å². The van der Waals surface area contributed by atoms with E-state index in [0.29, 0.717) is 6.54 Å². The van der Waals surface area contributed by atoms with Gasteiger partial charge in [-0.05, 0) is 31.9 Å². The van der Waals surface area contributed by atoms with Gasteiger partial charge in [-0.2, -0.15) is 0 Å². The Labute approximate surface area is 113 Å². The Morgan fingerprint density at radius 1 is 1.50 bits per heavy atom. The zero-order valence-corrected chi connectivity index (χ0v) is 11.9. The Morgan fingerprint density at radius 2 is 2.22 bits per heavy atom. The van der Waals surface area contributed by atoms with Crippen molar-refractivity contribution in [3.05, 3.63) is 35.4 Å². The second-order valence-electron chi connectivity index (χ2n) is 5.16. The van der Waals surface area contributed by atoms with E-state index in [1.54, 1.807) is 11.8 Å². The number of hydrogen-bond donors (Lipinski definition) is 2. The summed E-state index contributed by atoms with van der Waals surface area (Å²) in [5.74, 6) is 0.934. The van der Waals surface area contributed by atoms with Crippen molar-refractivity contribution in [2.45, 2.75) is 38.2 Å². The lowest BCUT2D eigenvalue weighted by Gasteiger charge is -2.18. The molecular weight excluding hydrogens is 244 g/mol. The normalized spacial score (nSPS) is 21.8. The van der Waals surface area contributed by atoms with Crippen LogP contribution in [0.5, 0.6) is 0 Å². The summed E-state index contributed by atoms with van der Waals surface area (Å²) < 4.78 is 0. The maximum absolute atomic E-state index is 12.0. The molecule has 18 heavy (non-hydrogen) atoms. The van der Waals surface area contributed by atoms with Gasteiger partial charge in [0, 0.05) is 12.3 Å². The number of carbonyl (C=O) groups excluding carboxylic acids is 1. The number of rotatable bonds is 3. The van der Waals surface area contributed by atoms with Crippen LogP contribution in [0.4, 0.5) is 0 Å². The van der Waals surface area contributed by atoms with Crippen LogP contribution < -0.4 is 10.6 Å². The molecule has 0 radical (unpaired) electrons. The molecule has 2 rings (SSSR count). The molecule has 1 unspecified atom stereocenters. The van der Waals surface area contributed by atoms with Crippen LogP contribution in [0.25, 0.3) is 0 Å². The third kappa shape index (κ3) is 3.27. The van der Waals surface area contributed by atoms with Crippen molar-refractivity contribution in [2.75, 3.05) is 5.75 Å². The number of amides is 1. The molecule has 98 valence electrons. The van der Waals surface area contributed by atoms with Crippen LogP contribution in [0.15, 0.2) is 24.3 Å². The number of nitrogens with one attached hydrogen (secondary N) is 2. The molecule has 1 aliphatic heterocycles. The first kappa shape index (κ1) is 13.4. The van der Waals surface area contributed by atoms with Gasteiger partial charge in [0.05, 0.1) is 10.9 Å². The molecule has 1 atom stereocenters. The topological polar surface area (TPSA) is 41.1 Å². The third-order valence-electron chi connectivity index (χ3n) is 3.16. The second-order valence-corrected chi connectivity index (χ2v) is 6.81. The summed E-state index contributed by atoms with van der Waals surface area (Å²) in [6.07, 6.45) is 0. The Bertz CT molecular complexity index is 445. The summed E-state index contributed by atoms with van der Waals surface area (Å²) in [5, 5.41) is 6.34. The fourth-order valence-electron chi connectivity index (χ4n) is 2.05. The summed E-state index contributed by atoms with van der Waals surface area (Å²) in [7, 11) is 0. The smallest absolute Gasteiger partial charge is 0.238 e. The monoisotopic (exact) mass is 264 g/mol. The maximum Gasteiger partial charge on any atom is 0.238 e. The van der Waals surface area contributed by atoms with Crippen LogP contribution in [0.3, 0.4) is 0 Å². The quantitative estimate of drug-likeness (QED) is 0.878. The molecule has 1 fully saturated rings. The Hall–Kier alpha value is -1.000. The van der Waals surface area contributed by atoms with Gasteiger partial charge in [0.25, 0.3) is 0 Å². The van der Waals surface area contributed by atoms with Crippen LogP contribution in [0.2, 0.25) is 0 Å². The first-order valence-electron chi connectivity index (χ1n) is 6.22. The van der Waals surface area contributed by atoms with E-state index in [-0.39, 0.29) is 16.8 Å². The molecule has 3 nitrogen and oxygen atoms in total. The van der Waals surface area contributed by atoms with Crippen molar-refractivity contribution in [1.82, 2.24) is 10.6 Å². The summed E-state index contributed by atoms with van der Waals surface area (Å²) in [6, 6.07) is 8.05. The van der Waals surface area contributed by atoms with Gasteiger partial charge >= 0.3 is 0 Å². The summed E-state index contributed by atoms with van der Waals surface area (Å²) >= 11 is 1.79. The molecule has 0 aromatic heterocycles. The first-order valence-corrected chi connectivity index (χ1v) is 7.20. The van der Waals surface area contributed by atoms with E-state index in [1.165, 1.54) is 11.1 Å². The number of thioether (sulfide) groups is 1. The Balaban J connectivity index is 1.88. The van der Waals surface area contributed by atoms with Gasteiger partial charge in [0.2, 0.25) is 5.91 Å². The minimum atomic E-state index is -0.0750. The molecule has 0 bridgehead atoms. The number of benzene rings is 1. The molecule has 1 aliphatic rings. The maximum atomic E-state index is 12.0. The highest BCUT2D eigenvalue weighted by Gasteiger charge is 2.34. The predicted molar refractivity (Wildman–Crippen MR) is 76.5 cm³/mol. The average Bonchev–Trinajstić information content (AvgIpc) is 2.68. The van der Waals surface area contributed by atoms with E-state index in [9.17, 15) is 4.79 Å². The van der Waals surface area contributed by atoms with E-state index in [4.69, 9.17) is 0 Å². The van der Waals surface area contributed by atoms with Crippen LogP contribution >= 0.6 is 11.8 Å². The lowest BCUT2D eigenvalue weighted by Crippen LogP contribution is -2.46. The van der Waals surface area contributed by atoms with Crippen LogP contribution in [0, 0.1) is 6.92 Å². The number of aryl methyl sites for hydroxylation is 1. The van der Waals surface area contributed by atoms with Crippen LogP contribution in [-0.2, 0) is 11.3 Å². The van der Waals surface area contributed by atoms with E-state index >= 15 is 0 Å². The van der Waals surface area contributed by atoms with Gasteiger partial charge < -0.3 is 5.32 Å². The third-order valence-corrected chi connectivity index (χ3v) is 4.50. The van der Waals surface area contributed by atoms with Crippen LogP contribution in [0.1, 0.15) is 25.0 Å². The average molecular weight is 264 g/mol.